The SMILES string of the molecule is CCOCc1nc(C(C)C)c(-c2ccccc2)n1CC(C)(C)O. The van der Waals surface area contributed by atoms with E-state index in [2.05, 4.69) is 30.5 Å². The van der Waals surface area contributed by atoms with Gasteiger partial charge in [0.25, 0.3) is 0 Å². The van der Waals surface area contributed by atoms with Crippen LogP contribution in [0.5, 0.6) is 0 Å². The van der Waals surface area contributed by atoms with Crippen LogP contribution in [-0.2, 0) is 17.9 Å². The molecule has 1 heterocycles. The number of benzene rings is 1. The van der Waals surface area contributed by atoms with Gasteiger partial charge < -0.3 is 14.4 Å². The van der Waals surface area contributed by atoms with Crippen LogP contribution in [-0.4, -0.2) is 26.9 Å². The van der Waals surface area contributed by atoms with Crippen LogP contribution in [0, 0.1) is 0 Å². The van der Waals surface area contributed by atoms with Crippen molar-refractivity contribution >= 4 is 0 Å². The van der Waals surface area contributed by atoms with Gasteiger partial charge in [0.2, 0.25) is 0 Å². The fourth-order valence-electron chi connectivity index (χ4n) is 2.68. The molecular formula is C19H28N2O2. The van der Waals surface area contributed by atoms with Gasteiger partial charge in [-0.05, 0) is 26.7 Å². The number of imidazole rings is 1. The maximum atomic E-state index is 10.4. The van der Waals surface area contributed by atoms with Gasteiger partial charge in [0, 0.05) is 12.2 Å². The number of aliphatic hydroxyl groups is 1. The van der Waals surface area contributed by atoms with Crippen LogP contribution < -0.4 is 0 Å². The normalized spacial score (nSPS) is 12.1. The first-order chi connectivity index (χ1) is 10.8. The van der Waals surface area contributed by atoms with Gasteiger partial charge in [0.05, 0.1) is 23.5 Å². The average molecular weight is 316 g/mol. The van der Waals surface area contributed by atoms with Gasteiger partial charge >= 0.3 is 0 Å². The molecule has 126 valence electrons. The topological polar surface area (TPSA) is 47.3 Å². The van der Waals surface area contributed by atoms with E-state index in [9.17, 15) is 5.11 Å². The molecule has 0 aliphatic rings. The molecule has 0 atom stereocenters. The third-order valence-electron chi connectivity index (χ3n) is 3.65. The summed E-state index contributed by atoms with van der Waals surface area (Å²) in [6.07, 6.45) is 0. The minimum absolute atomic E-state index is 0.300. The molecule has 0 fully saturated rings. The molecule has 23 heavy (non-hydrogen) atoms. The highest BCUT2D eigenvalue weighted by Crippen LogP contribution is 2.31. The van der Waals surface area contributed by atoms with E-state index < -0.39 is 5.60 Å². The minimum atomic E-state index is -0.820. The number of aromatic nitrogens is 2. The number of nitrogens with zero attached hydrogens (tertiary/aromatic N) is 2. The Balaban J connectivity index is 2.61. The summed E-state index contributed by atoms with van der Waals surface area (Å²) in [6.45, 7) is 11.5. The first kappa shape index (κ1) is 17.7. The Bertz CT molecular complexity index is 625. The van der Waals surface area contributed by atoms with E-state index in [0.717, 1.165) is 22.8 Å². The Morgan fingerprint density at radius 3 is 2.39 bits per heavy atom. The summed E-state index contributed by atoms with van der Waals surface area (Å²) in [5.74, 6) is 1.17. The predicted octanol–water partition coefficient (Wildman–Crippen LogP) is 3.98. The molecule has 0 amide bonds. The zero-order valence-electron chi connectivity index (χ0n) is 14.8. The lowest BCUT2D eigenvalue weighted by atomic mass is 10.0. The molecule has 1 aromatic heterocycles. The summed E-state index contributed by atoms with van der Waals surface area (Å²) in [5, 5.41) is 10.4. The summed E-state index contributed by atoms with van der Waals surface area (Å²) in [7, 11) is 0. The summed E-state index contributed by atoms with van der Waals surface area (Å²) in [5.41, 5.74) is 2.43. The molecule has 4 nitrogen and oxygen atoms in total. The smallest absolute Gasteiger partial charge is 0.135 e. The molecule has 0 radical (unpaired) electrons. The Labute approximate surface area is 139 Å². The molecule has 4 heteroatoms. The van der Waals surface area contributed by atoms with E-state index in [-0.39, 0.29) is 0 Å². The Morgan fingerprint density at radius 2 is 1.87 bits per heavy atom. The zero-order valence-corrected chi connectivity index (χ0v) is 14.8. The van der Waals surface area contributed by atoms with Crippen LogP contribution >= 0.6 is 0 Å². The maximum Gasteiger partial charge on any atom is 0.135 e. The van der Waals surface area contributed by atoms with Gasteiger partial charge in [-0.3, -0.25) is 0 Å². The van der Waals surface area contributed by atoms with Crippen molar-refractivity contribution in [2.24, 2.45) is 0 Å². The molecule has 0 bridgehead atoms. The van der Waals surface area contributed by atoms with Crippen LogP contribution in [0.25, 0.3) is 11.3 Å². The molecule has 0 aliphatic carbocycles. The van der Waals surface area contributed by atoms with Crippen LogP contribution in [0.4, 0.5) is 0 Å². The van der Waals surface area contributed by atoms with Gasteiger partial charge in [-0.2, -0.15) is 0 Å². The quantitative estimate of drug-likeness (QED) is 0.840. The third-order valence-corrected chi connectivity index (χ3v) is 3.65. The monoisotopic (exact) mass is 316 g/mol. The van der Waals surface area contributed by atoms with Gasteiger partial charge in [-0.1, -0.05) is 44.2 Å². The van der Waals surface area contributed by atoms with Crippen LogP contribution in [0.2, 0.25) is 0 Å². The van der Waals surface area contributed by atoms with Gasteiger partial charge in [-0.15, -0.1) is 0 Å². The average Bonchev–Trinajstić information content (AvgIpc) is 2.83. The van der Waals surface area contributed by atoms with E-state index >= 15 is 0 Å². The van der Waals surface area contributed by atoms with Crippen LogP contribution in [0.1, 0.15) is 52.1 Å². The number of rotatable bonds is 7. The molecule has 0 spiro atoms. The number of hydrogen-bond acceptors (Lipinski definition) is 3. The molecule has 0 saturated carbocycles. The molecule has 2 aromatic rings. The van der Waals surface area contributed by atoms with Crippen LogP contribution in [0.15, 0.2) is 30.3 Å². The second kappa shape index (κ2) is 7.28. The highest BCUT2D eigenvalue weighted by molar-refractivity contribution is 5.63. The van der Waals surface area contributed by atoms with Crippen molar-refractivity contribution in [3.05, 3.63) is 41.9 Å². The molecular weight excluding hydrogens is 288 g/mol. The number of ether oxygens (including phenoxy) is 1. The van der Waals surface area contributed by atoms with Gasteiger partial charge in [0.1, 0.15) is 12.4 Å². The molecule has 1 aromatic carbocycles. The van der Waals surface area contributed by atoms with E-state index in [1.165, 1.54) is 0 Å². The fraction of sp³-hybridized carbons (Fsp3) is 0.526. The summed E-state index contributed by atoms with van der Waals surface area (Å²) < 4.78 is 7.71. The molecule has 0 unspecified atom stereocenters. The largest absolute Gasteiger partial charge is 0.389 e. The zero-order chi connectivity index (χ0) is 17.0. The van der Waals surface area contributed by atoms with Crippen molar-refractivity contribution in [1.29, 1.82) is 0 Å². The van der Waals surface area contributed by atoms with Crippen molar-refractivity contribution in [3.8, 4) is 11.3 Å². The third kappa shape index (κ3) is 4.43. The number of hydrogen-bond donors (Lipinski definition) is 1. The lowest BCUT2D eigenvalue weighted by Gasteiger charge is -2.22. The first-order valence-corrected chi connectivity index (χ1v) is 8.28. The Morgan fingerprint density at radius 1 is 1.22 bits per heavy atom. The van der Waals surface area contributed by atoms with Gasteiger partial charge in [0.15, 0.2) is 0 Å². The van der Waals surface area contributed by atoms with Gasteiger partial charge in [-0.25, -0.2) is 4.98 Å². The van der Waals surface area contributed by atoms with E-state index in [1.807, 2.05) is 39.0 Å². The second-order valence-corrected chi connectivity index (χ2v) is 6.82. The second-order valence-electron chi connectivity index (χ2n) is 6.82. The van der Waals surface area contributed by atoms with E-state index in [1.54, 1.807) is 0 Å². The summed E-state index contributed by atoms with van der Waals surface area (Å²) >= 11 is 0. The highest BCUT2D eigenvalue weighted by Gasteiger charge is 2.24. The summed E-state index contributed by atoms with van der Waals surface area (Å²) in [4.78, 5) is 4.83. The van der Waals surface area contributed by atoms with Crippen molar-refractivity contribution in [1.82, 2.24) is 9.55 Å². The predicted molar refractivity (Wildman–Crippen MR) is 93.4 cm³/mol. The summed E-state index contributed by atoms with van der Waals surface area (Å²) in [6, 6.07) is 10.3. The van der Waals surface area contributed by atoms with E-state index in [4.69, 9.17) is 9.72 Å². The van der Waals surface area contributed by atoms with Crippen molar-refractivity contribution in [2.45, 2.75) is 59.3 Å². The molecule has 2 rings (SSSR count). The maximum absolute atomic E-state index is 10.4. The molecule has 0 aliphatic heterocycles. The van der Waals surface area contributed by atoms with Crippen molar-refractivity contribution in [2.75, 3.05) is 6.61 Å². The Kier molecular flexibility index (Phi) is 5.60. The lowest BCUT2D eigenvalue weighted by Crippen LogP contribution is -2.27. The Hall–Kier alpha value is -1.65. The first-order valence-electron chi connectivity index (χ1n) is 8.28. The highest BCUT2D eigenvalue weighted by atomic mass is 16.5. The standard InChI is InChI=1S/C19H28N2O2/c1-6-23-12-16-20-17(14(2)3)18(15-10-8-7-9-11-15)21(16)13-19(4,5)22/h7-11,14,22H,6,12-13H2,1-5H3. The van der Waals surface area contributed by atoms with E-state index in [0.29, 0.717) is 25.7 Å². The van der Waals surface area contributed by atoms with Crippen LogP contribution in [0.3, 0.4) is 0 Å². The lowest BCUT2D eigenvalue weighted by molar-refractivity contribution is 0.0574. The minimum Gasteiger partial charge on any atom is -0.389 e. The van der Waals surface area contributed by atoms with Crippen molar-refractivity contribution < 1.29 is 9.84 Å². The molecule has 0 saturated heterocycles. The molecule has 1 N–H and O–H groups in total. The van der Waals surface area contributed by atoms with Crippen molar-refractivity contribution in [3.63, 3.8) is 0 Å². The fourth-order valence-corrected chi connectivity index (χ4v) is 2.68.